The van der Waals surface area contributed by atoms with Crippen molar-refractivity contribution in [2.75, 3.05) is 24.7 Å². The molecule has 10 nitrogen and oxygen atoms in total. The van der Waals surface area contributed by atoms with Gasteiger partial charge in [0.15, 0.2) is 16.6 Å². The number of hydrogen-bond acceptors (Lipinski definition) is 10. The molecular formula is C34H36N2O8S. The van der Waals surface area contributed by atoms with E-state index in [0.29, 0.717) is 53.7 Å². The van der Waals surface area contributed by atoms with Crippen LogP contribution in [-0.4, -0.2) is 53.7 Å². The monoisotopic (exact) mass is 632 g/mol. The topological polar surface area (TPSA) is 124 Å². The number of anilines is 1. The molecular weight excluding hydrogens is 596 g/mol. The average Bonchev–Trinajstić information content (AvgIpc) is 3.67. The van der Waals surface area contributed by atoms with E-state index < -0.39 is 23.7 Å². The molecule has 0 radical (unpaired) electrons. The summed E-state index contributed by atoms with van der Waals surface area (Å²) >= 11 is 0.933. The predicted molar refractivity (Wildman–Crippen MR) is 170 cm³/mol. The number of aliphatic hydroxyl groups excluding tert-OH is 1. The molecule has 2 aliphatic rings. The number of nitrogens with zero attached hydrogens (tertiary/aromatic N) is 2. The number of fused-ring (bicyclic) bond motifs is 1. The molecule has 1 amide bonds. The highest BCUT2D eigenvalue weighted by molar-refractivity contribution is 7.17. The van der Waals surface area contributed by atoms with E-state index in [2.05, 4.69) is 18.5 Å². The van der Waals surface area contributed by atoms with Gasteiger partial charge in [-0.05, 0) is 68.7 Å². The second-order valence-electron chi connectivity index (χ2n) is 10.8. The largest absolute Gasteiger partial charge is 0.507 e. The number of aliphatic hydroxyl groups is 1. The Labute approximate surface area is 265 Å². The first kappa shape index (κ1) is 31.8. The van der Waals surface area contributed by atoms with Gasteiger partial charge in [0.1, 0.15) is 29.1 Å². The minimum absolute atomic E-state index is 0.00744. The van der Waals surface area contributed by atoms with Crippen molar-refractivity contribution in [3.8, 4) is 17.2 Å². The summed E-state index contributed by atoms with van der Waals surface area (Å²) in [7, 11) is 0. The number of rotatable bonds is 12. The lowest BCUT2D eigenvalue weighted by atomic mass is 9.94. The first-order chi connectivity index (χ1) is 21.7. The van der Waals surface area contributed by atoms with E-state index in [9.17, 15) is 19.5 Å². The molecule has 2 atom stereocenters. The minimum Gasteiger partial charge on any atom is -0.507 e. The summed E-state index contributed by atoms with van der Waals surface area (Å²) in [5.41, 5.74) is 1.99. The van der Waals surface area contributed by atoms with Crippen molar-refractivity contribution >= 4 is 39.9 Å². The first-order valence-electron chi connectivity index (χ1n) is 14.9. The Hall–Kier alpha value is -4.64. The zero-order valence-corrected chi connectivity index (χ0v) is 26.6. The van der Waals surface area contributed by atoms with E-state index in [0.717, 1.165) is 29.7 Å². The van der Waals surface area contributed by atoms with Crippen LogP contribution in [-0.2, 0) is 20.7 Å². The molecule has 2 aromatic carbocycles. The number of benzene rings is 2. The van der Waals surface area contributed by atoms with Crippen LogP contribution < -0.4 is 19.1 Å². The van der Waals surface area contributed by atoms with Gasteiger partial charge in [-0.15, -0.1) is 0 Å². The number of aryl methyl sites for hydroxylation is 1. The molecule has 0 aliphatic carbocycles. The quantitative estimate of drug-likeness (QED) is 0.0610. The van der Waals surface area contributed by atoms with Crippen molar-refractivity contribution < 1.29 is 38.4 Å². The SMILES string of the molecule is C=CCOC(=O)c1sc(N2C(=O)C(=O)C(=C(O)c3ccc4c(c3)C[C@H](C)O4)[C@H]2c2ccc(OCCCC)c(OCC)c2)nc1C. The van der Waals surface area contributed by atoms with Gasteiger partial charge in [0.05, 0.1) is 30.5 Å². The molecule has 45 heavy (non-hydrogen) atoms. The van der Waals surface area contributed by atoms with E-state index in [4.69, 9.17) is 18.9 Å². The highest BCUT2D eigenvalue weighted by Gasteiger charge is 2.49. The van der Waals surface area contributed by atoms with E-state index in [1.807, 2.05) is 13.8 Å². The normalized spacial score (nSPS) is 18.4. The maximum atomic E-state index is 13.8. The fourth-order valence-corrected chi connectivity index (χ4v) is 6.34. The molecule has 2 aliphatic heterocycles. The lowest BCUT2D eigenvalue weighted by Gasteiger charge is -2.24. The van der Waals surface area contributed by atoms with Crippen LogP contribution in [0.3, 0.4) is 0 Å². The standard InChI is InChI=1S/C34H36N2O8S/c1-6-9-15-42-25-13-10-21(18-26(25)41-8-3)28-27(29(37)22-11-12-24-23(17-22)16-19(4)44-24)30(38)32(39)36(28)34-35-20(5)31(45-34)33(40)43-14-7-2/h7,10-13,17-19,28,37H,2,6,8-9,14-16H2,1,3-5H3/t19-,28+/m0/s1. The van der Waals surface area contributed by atoms with Gasteiger partial charge >= 0.3 is 11.9 Å². The second kappa shape index (κ2) is 13.6. The van der Waals surface area contributed by atoms with Crippen LogP contribution in [0.25, 0.3) is 5.76 Å². The Kier molecular flexibility index (Phi) is 9.57. The molecule has 0 bridgehead atoms. The molecule has 5 rings (SSSR count). The Balaban J connectivity index is 1.66. The number of thiazole rings is 1. The lowest BCUT2D eigenvalue weighted by molar-refractivity contribution is -0.132. The van der Waals surface area contributed by atoms with Gasteiger partial charge in [0.25, 0.3) is 5.78 Å². The molecule has 3 aromatic rings. The van der Waals surface area contributed by atoms with E-state index in [-0.39, 0.29) is 34.1 Å². The molecule has 1 N–H and O–H groups in total. The van der Waals surface area contributed by atoms with Crippen LogP contribution >= 0.6 is 11.3 Å². The van der Waals surface area contributed by atoms with Crippen molar-refractivity contribution in [3.63, 3.8) is 0 Å². The molecule has 236 valence electrons. The van der Waals surface area contributed by atoms with Crippen LogP contribution in [0, 0.1) is 6.92 Å². The fraction of sp³-hybridized carbons (Fsp3) is 0.353. The molecule has 3 heterocycles. The van der Waals surface area contributed by atoms with Crippen LogP contribution in [0.2, 0.25) is 0 Å². The number of unbranched alkanes of at least 4 members (excludes halogenated alkanes) is 1. The number of carbonyl (C=O) groups is 3. The number of ketones is 1. The Morgan fingerprint density at radius 2 is 1.98 bits per heavy atom. The predicted octanol–water partition coefficient (Wildman–Crippen LogP) is 6.32. The Morgan fingerprint density at radius 1 is 1.18 bits per heavy atom. The summed E-state index contributed by atoms with van der Waals surface area (Å²) < 4.78 is 22.9. The van der Waals surface area contributed by atoms with Gasteiger partial charge < -0.3 is 24.1 Å². The number of Topliss-reactive ketones (excluding diaryl/α,β-unsaturated/α-hetero) is 1. The average molecular weight is 633 g/mol. The number of aromatic nitrogens is 1. The first-order valence-corrected chi connectivity index (χ1v) is 15.8. The maximum Gasteiger partial charge on any atom is 0.350 e. The van der Waals surface area contributed by atoms with Crippen molar-refractivity contribution in [1.82, 2.24) is 4.98 Å². The molecule has 0 saturated carbocycles. The summed E-state index contributed by atoms with van der Waals surface area (Å²) in [6.07, 6.45) is 3.90. The van der Waals surface area contributed by atoms with E-state index in [1.54, 1.807) is 43.3 Å². The number of hydrogen-bond donors (Lipinski definition) is 1. The molecule has 0 unspecified atom stereocenters. The van der Waals surface area contributed by atoms with Crippen molar-refractivity contribution in [3.05, 3.63) is 81.9 Å². The summed E-state index contributed by atoms with van der Waals surface area (Å²) in [5, 5.41) is 11.8. The van der Waals surface area contributed by atoms with Crippen LogP contribution in [0.4, 0.5) is 5.13 Å². The van der Waals surface area contributed by atoms with Gasteiger partial charge in [-0.2, -0.15) is 0 Å². The second-order valence-corrected chi connectivity index (χ2v) is 11.7. The third kappa shape index (κ3) is 6.30. The summed E-state index contributed by atoms with van der Waals surface area (Å²) in [6, 6.07) is 9.28. The highest BCUT2D eigenvalue weighted by Crippen LogP contribution is 2.46. The van der Waals surface area contributed by atoms with Crippen LogP contribution in [0.5, 0.6) is 17.2 Å². The zero-order valence-electron chi connectivity index (χ0n) is 25.8. The molecule has 0 spiro atoms. The van der Waals surface area contributed by atoms with Crippen LogP contribution in [0.1, 0.15) is 71.7 Å². The van der Waals surface area contributed by atoms with Crippen molar-refractivity contribution in [2.45, 2.75) is 59.1 Å². The van der Waals surface area contributed by atoms with Crippen LogP contribution in [0.15, 0.2) is 54.6 Å². The smallest absolute Gasteiger partial charge is 0.350 e. The Morgan fingerprint density at radius 3 is 2.71 bits per heavy atom. The zero-order chi connectivity index (χ0) is 32.2. The van der Waals surface area contributed by atoms with Gasteiger partial charge in [-0.25, -0.2) is 9.78 Å². The van der Waals surface area contributed by atoms with Crippen molar-refractivity contribution in [1.29, 1.82) is 0 Å². The summed E-state index contributed by atoms with van der Waals surface area (Å²) in [6.45, 7) is 11.9. The number of esters is 1. The molecule has 1 aromatic heterocycles. The van der Waals surface area contributed by atoms with E-state index >= 15 is 0 Å². The van der Waals surface area contributed by atoms with Gasteiger partial charge in [-0.1, -0.05) is 43.4 Å². The molecule has 11 heteroatoms. The van der Waals surface area contributed by atoms with Gasteiger partial charge in [0.2, 0.25) is 0 Å². The lowest BCUT2D eigenvalue weighted by Crippen LogP contribution is -2.29. The van der Waals surface area contributed by atoms with Gasteiger partial charge in [0, 0.05) is 12.0 Å². The third-order valence-corrected chi connectivity index (χ3v) is 8.60. The third-order valence-electron chi connectivity index (χ3n) is 7.46. The number of amides is 1. The molecule has 1 fully saturated rings. The van der Waals surface area contributed by atoms with E-state index in [1.165, 1.54) is 11.0 Å². The highest BCUT2D eigenvalue weighted by atomic mass is 32.1. The fourth-order valence-electron chi connectivity index (χ4n) is 5.35. The number of ether oxygens (including phenoxy) is 4. The minimum atomic E-state index is -1.08. The summed E-state index contributed by atoms with van der Waals surface area (Å²) in [5.74, 6) is -1.05. The molecule has 1 saturated heterocycles. The number of carbonyl (C=O) groups excluding carboxylic acids is 3. The van der Waals surface area contributed by atoms with Gasteiger partial charge in [-0.3, -0.25) is 14.5 Å². The van der Waals surface area contributed by atoms with Crippen molar-refractivity contribution in [2.24, 2.45) is 0 Å². The Bertz CT molecular complexity index is 1680. The summed E-state index contributed by atoms with van der Waals surface area (Å²) in [4.78, 5) is 46.2. The maximum absolute atomic E-state index is 13.8.